The first-order valence-electron chi connectivity index (χ1n) is 5.10. The van der Waals surface area contributed by atoms with E-state index in [9.17, 15) is 10.0 Å². The Hall–Kier alpha value is -1.78. The number of methoxy groups -OCH3 is 1. The van der Waals surface area contributed by atoms with E-state index in [2.05, 4.69) is 5.18 Å². The molecule has 0 aliphatic heterocycles. The van der Waals surface area contributed by atoms with Crippen molar-refractivity contribution < 1.29 is 14.6 Å². The molecule has 0 spiro atoms. The summed E-state index contributed by atoms with van der Waals surface area (Å²) < 4.78 is 10.3. The van der Waals surface area contributed by atoms with Gasteiger partial charge in [-0.2, -0.15) is 0 Å². The number of ether oxygens (including phenoxy) is 2. The summed E-state index contributed by atoms with van der Waals surface area (Å²) in [7, 11) is 1.40. The second-order valence-electron chi connectivity index (χ2n) is 3.29. The molecule has 0 fully saturated rings. The summed E-state index contributed by atoms with van der Waals surface area (Å²) in [6.45, 7) is 2.51. The number of benzene rings is 1. The minimum absolute atomic E-state index is 0.0178. The number of unbranched alkanes of at least 4 members (excludes halogenated alkanes) is 1. The molecule has 1 rings (SSSR count). The number of hydrogen-bond acceptors (Lipinski definition) is 5. The first kappa shape index (κ1) is 12.3. The molecule has 0 saturated heterocycles. The largest absolute Gasteiger partial charge is 0.508 e. The summed E-state index contributed by atoms with van der Waals surface area (Å²) in [5.41, 5.74) is 0.0800. The molecular weight excluding hydrogens is 210 g/mol. The summed E-state index contributed by atoms with van der Waals surface area (Å²) in [5.74, 6) is 0.442. The first-order valence-corrected chi connectivity index (χ1v) is 5.10. The number of aromatic hydroxyl groups is 1. The molecule has 0 atom stereocenters. The van der Waals surface area contributed by atoms with Crippen LogP contribution in [0.15, 0.2) is 17.3 Å². The normalized spacial score (nSPS) is 9.88. The summed E-state index contributed by atoms with van der Waals surface area (Å²) in [6, 6.07) is 2.68. The maximum absolute atomic E-state index is 10.7. The van der Waals surface area contributed by atoms with Crippen molar-refractivity contribution in [1.29, 1.82) is 0 Å². The van der Waals surface area contributed by atoms with Gasteiger partial charge < -0.3 is 14.6 Å². The average molecular weight is 225 g/mol. The van der Waals surface area contributed by atoms with Crippen LogP contribution in [0.3, 0.4) is 0 Å². The van der Waals surface area contributed by atoms with Crippen LogP contribution in [0.4, 0.5) is 5.69 Å². The third kappa shape index (κ3) is 2.85. The molecule has 0 bridgehead atoms. The van der Waals surface area contributed by atoms with E-state index < -0.39 is 0 Å². The average Bonchev–Trinajstić information content (AvgIpc) is 2.28. The molecule has 1 N–H and O–H groups in total. The molecule has 5 heteroatoms. The molecule has 0 unspecified atom stereocenters. The molecule has 0 heterocycles. The Bertz CT molecular complexity index is 365. The van der Waals surface area contributed by atoms with Crippen LogP contribution in [-0.4, -0.2) is 18.8 Å². The van der Waals surface area contributed by atoms with Crippen LogP contribution in [0.5, 0.6) is 17.2 Å². The monoisotopic (exact) mass is 225 g/mol. The van der Waals surface area contributed by atoms with Crippen LogP contribution in [0, 0.1) is 4.91 Å². The third-order valence-corrected chi connectivity index (χ3v) is 2.09. The lowest BCUT2D eigenvalue weighted by molar-refractivity contribution is 0.306. The fourth-order valence-corrected chi connectivity index (χ4v) is 1.25. The number of hydrogen-bond donors (Lipinski definition) is 1. The van der Waals surface area contributed by atoms with Gasteiger partial charge in [-0.3, -0.25) is 0 Å². The predicted molar refractivity (Wildman–Crippen MR) is 60.5 cm³/mol. The molecular formula is C11H15NO4. The van der Waals surface area contributed by atoms with Gasteiger partial charge in [-0.05, 0) is 11.6 Å². The topological polar surface area (TPSA) is 68.1 Å². The molecule has 5 nitrogen and oxygen atoms in total. The van der Waals surface area contributed by atoms with Gasteiger partial charge in [0.15, 0.2) is 17.2 Å². The van der Waals surface area contributed by atoms with Gasteiger partial charge in [0, 0.05) is 12.1 Å². The Kier molecular flexibility index (Phi) is 4.57. The second-order valence-corrected chi connectivity index (χ2v) is 3.29. The SMILES string of the molecule is CCCCOc1cc(O)cc(OC)c1N=O. The summed E-state index contributed by atoms with van der Waals surface area (Å²) in [5, 5.41) is 12.2. The first-order chi connectivity index (χ1) is 7.72. The number of phenols is 1. The van der Waals surface area contributed by atoms with Crippen molar-refractivity contribution in [2.24, 2.45) is 5.18 Å². The highest BCUT2D eigenvalue weighted by atomic mass is 16.5. The van der Waals surface area contributed by atoms with E-state index in [4.69, 9.17) is 9.47 Å². The Labute approximate surface area is 94.0 Å². The number of nitroso groups, excluding NO2 is 1. The van der Waals surface area contributed by atoms with Crippen LogP contribution in [0.25, 0.3) is 0 Å². The standard InChI is InChI=1S/C11H15NO4/c1-3-4-5-16-10-7-8(13)6-9(15-2)11(10)12-14/h6-7,13H,3-5H2,1-2H3. The number of rotatable bonds is 6. The summed E-state index contributed by atoms with van der Waals surface area (Å²) in [6.07, 6.45) is 1.86. The lowest BCUT2D eigenvalue weighted by Crippen LogP contribution is -1.97. The van der Waals surface area contributed by atoms with Crippen LogP contribution in [0.1, 0.15) is 19.8 Å². The van der Waals surface area contributed by atoms with Gasteiger partial charge in [0.2, 0.25) is 0 Å². The molecule has 1 aromatic rings. The minimum Gasteiger partial charge on any atom is -0.508 e. The van der Waals surface area contributed by atoms with Gasteiger partial charge in [-0.1, -0.05) is 13.3 Å². The molecule has 0 saturated carbocycles. The highest BCUT2D eigenvalue weighted by Crippen LogP contribution is 2.40. The van der Waals surface area contributed by atoms with Crippen molar-refractivity contribution >= 4 is 5.69 Å². The molecule has 0 radical (unpaired) electrons. The van der Waals surface area contributed by atoms with Gasteiger partial charge in [0.1, 0.15) is 5.75 Å². The highest BCUT2D eigenvalue weighted by Gasteiger charge is 2.13. The molecule has 0 aromatic heterocycles. The maximum atomic E-state index is 10.7. The zero-order valence-electron chi connectivity index (χ0n) is 9.40. The zero-order valence-corrected chi connectivity index (χ0v) is 9.40. The lowest BCUT2D eigenvalue weighted by atomic mass is 10.2. The van der Waals surface area contributed by atoms with Crippen molar-refractivity contribution in [2.75, 3.05) is 13.7 Å². The van der Waals surface area contributed by atoms with E-state index in [0.717, 1.165) is 12.8 Å². The van der Waals surface area contributed by atoms with Gasteiger partial charge in [-0.25, -0.2) is 0 Å². The fourth-order valence-electron chi connectivity index (χ4n) is 1.25. The maximum Gasteiger partial charge on any atom is 0.191 e. The third-order valence-electron chi connectivity index (χ3n) is 2.09. The van der Waals surface area contributed by atoms with Crippen LogP contribution < -0.4 is 9.47 Å². The van der Waals surface area contributed by atoms with Gasteiger partial charge in [0.25, 0.3) is 0 Å². The molecule has 0 aliphatic carbocycles. The van der Waals surface area contributed by atoms with E-state index in [-0.39, 0.29) is 22.9 Å². The quantitative estimate of drug-likeness (QED) is 0.597. The van der Waals surface area contributed by atoms with E-state index in [1.54, 1.807) is 0 Å². The van der Waals surface area contributed by atoms with Crippen molar-refractivity contribution in [3.63, 3.8) is 0 Å². The van der Waals surface area contributed by atoms with Crippen molar-refractivity contribution in [1.82, 2.24) is 0 Å². The highest BCUT2D eigenvalue weighted by molar-refractivity contribution is 5.64. The molecule has 88 valence electrons. The van der Waals surface area contributed by atoms with Crippen LogP contribution >= 0.6 is 0 Å². The predicted octanol–water partition coefficient (Wildman–Crippen LogP) is 2.98. The number of phenolic OH excluding ortho intramolecular Hbond substituents is 1. The van der Waals surface area contributed by atoms with E-state index in [1.165, 1.54) is 19.2 Å². The molecule has 0 aliphatic rings. The van der Waals surface area contributed by atoms with Crippen molar-refractivity contribution in [3.05, 3.63) is 17.0 Å². The Morgan fingerprint density at radius 2 is 2.06 bits per heavy atom. The number of nitrogens with zero attached hydrogens (tertiary/aromatic N) is 1. The van der Waals surface area contributed by atoms with Gasteiger partial charge in [-0.15, -0.1) is 4.91 Å². The summed E-state index contributed by atoms with van der Waals surface area (Å²) >= 11 is 0. The smallest absolute Gasteiger partial charge is 0.191 e. The Morgan fingerprint density at radius 1 is 1.38 bits per heavy atom. The van der Waals surface area contributed by atoms with Crippen molar-refractivity contribution in [3.8, 4) is 17.2 Å². The Morgan fingerprint density at radius 3 is 2.62 bits per heavy atom. The molecule has 1 aromatic carbocycles. The van der Waals surface area contributed by atoms with Crippen molar-refractivity contribution in [2.45, 2.75) is 19.8 Å². The zero-order chi connectivity index (χ0) is 12.0. The summed E-state index contributed by atoms with van der Waals surface area (Å²) in [4.78, 5) is 10.7. The molecule has 16 heavy (non-hydrogen) atoms. The van der Waals surface area contributed by atoms with E-state index in [0.29, 0.717) is 6.61 Å². The Balaban J connectivity index is 2.95. The van der Waals surface area contributed by atoms with Crippen LogP contribution in [0.2, 0.25) is 0 Å². The second kappa shape index (κ2) is 5.95. The minimum atomic E-state index is -0.0178. The lowest BCUT2D eigenvalue weighted by Gasteiger charge is -2.10. The van der Waals surface area contributed by atoms with E-state index >= 15 is 0 Å². The van der Waals surface area contributed by atoms with Crippen LogP contribution in [-0.2, 0) is 0 Å². The van der Waals surface area contributed by atoms with E-state index in [1.807, 2.05) is 6.92 Å². The molecule has 0 amide bonds. The van der Waals surface area contributed by atoms with Gasteiger partial charge in [0.05, 0.1) is 13.7 Å². The van der Waals surface area contributed by atoms with Gasteiger partial charge >= 0.3 is 0 Å². The fraction of sp³-hybridized carbons (Fsp3) is 0.455.